The molecule has 3 rings (SSSR count). The fraction of sp³-hybridized carbons (Fsp3) is 0.217. The molecule has 0 saturated carbocycles. The van der Waals surface area contributed by atoms with Crippen molar-refractivity contribution in [2.45, 2.75) is 31.2 Å². The van der Waals surface area contributed by atoms with E-state index in [1.807, 2.05) is 41.8 Å². The average Bonchev–Trinajstić information content (AvgIpc) is 3.30. The highest BCUT2D eigenvalue weighted by Gasteiger charge is 2.21. The van der Waals surface area contributed by atoms with Gasteiger partial charge in [-0.1, -0.05) is 55.4 Å². The molecule has 0 unspecified atom stereocenters. The van der Waals surface area contributed by atoms with Gasteiger partial charge in [0, 0.05) is 16.0 Å². The second kappa shape index (κ2) is 10.1. The summed E-state index contributed by atoms with van der Waals surface area (Å²) in [4.78, 5) is 17.7. The summed E-state index contributed by atoms with van der Waals surface area (Å²) in [6.07, 6.45) is 3.26. The number of carbonyl (C=O) groups excluding carboxylic acids is 1. The third kappa shape index (κ3) is 4.71. The minimum atomic E-state index is -0.0478. The van der Waals surface area contributed by atoms with Gasteiger partial charge in [0.15, 0.2) is 5.78 Å². The van der Waals surface area contributed by atoms with E-state index in [1.165, 1.54) is 28.7 Å². The highest BCUT2D eigenvalue weighted by molar-refractivity contribution is 8.00. The van der Waals surface area contributed by atoms with Crippen LogP contribution < -0.4 is 5.73 Å². The Balaban J connectivity index is 1.84. The molecule has 7 heteroatoms. The van der Waals surface area contributed by atoms with Gasteiger partial charge >= 0.3 is 0 Å². The lowest BCUT2D eigenvalue weighted by Gasteiger charge is -2.11. The molecule has 0 aliphatic carbocycles. The number of pyridine rings is 1. The van der Waals surface area contributed by atoms with E-state index in [0.29, 0.717) is 16.2 Å². The van der Waals surface area contributed by atoms with Crippen molar-refractivity contribution >= 4 is 34.7 Å². The zero-order valence-corrected chi connectivity index (χ0v) is 18.1. The summed E-state index contributed by atoms with van der Waals surface area (Å²) in [5.41, 5.74) is 8.79. The number of hydrogen-bond donors (Lipinski definition) is 1. The molecule has 150 valence electrons. The second-order valence-electron chi connectivity index (χ2n) is 6.64. The summed E-state index contributed by atoms with van der Waals surface area (Å²) in [7, 11) is 0. The third-order valence-corrected chi connectivity index (χ3v) is 6.48. The minimum Gasteiger partial charge on any atom is -0.383 e. The van der Waals surface area contributed by atoms with Crippen molar-refractivity contribution in [3.05, 3.63) is 64.0 Å². The molecule has 1 aromatic carbocycles. The molecule has 0 radical (unpaired) electrons. The predicted molar refractivity (Wildman–Crippen MR) is 122 cm³/mol. The average molecular weight is 433 g/mol. The van der Waals surface area contributed by atoms with E-state index >= 15 is 0 Å². The second-order valence-corrected chi connectivity index (χ2v) is 8.55. The van der Waals surface area contributed by atoms with Crippen LogP contribution in [0.4, 0.5) is 5.82 Å². The molecular weight excluding hydrogens is 412 g/mol. The first kappa shape index (κ1) is 21.6. The molecule has 0 spiro atoms. The number of aryl methyl sites for hydroxylation is 1. The van der Waals surface area contributed by atoms with Gasteiger partial charge in [0.05, 0.1) is 11.3 Å². The maximum Gasteiger partial charge on any atom is 0.173 e. The van der Waals surface area contributed by atoms with Crippen LogP contribution in [0.25, 0.3) is 10.4 Å². The van der Waals surface area contributed by atoms with Crippen LogP contribution in [0.2, 0.25) is 0 Å². The SMILES string of the molecule is CCCCc1ccc(C(=O)CSc2nc(N)c(C#N)c(-c3cccs3)c2C#N)cc1. The van der Waals surface area contributed by atoms with Gasteiger partial charge in [0.2, 0.25) is 0 Å². The standard InChI is InChI=1S/C23H20N4OS2/c1-2-3-5-15-7-9-16(10-8-15)19(28)14-30-23-18(13-25)21(20-6-4-11-29-20)17(12-24)22(26)27-23/h4,6-11H,2-3,5,14H2,1H3,(H2,26,27). The van der Waals surface area contributed by atoms with Crippen LogP contribution in [0.5, 0.6) is 0 Å². The number of nitrogens with two attached hydrogens (primary N) is 1. The molecule has 0 amide bonds. The highest BCUT2D eigenvalue weighted by Crippen LogP contribution is 2.37. The Morgan fingerprint density at radius 1 is 1.17 bits per heavy atom. The van der Waals surface area contributed by atoms with Crippen molar-refractivity contribution in [2.24, 2.45) is 0 Å². The van der Waals surface area contributed by atoms with Crippen LogP contribution in [-0.4, -0.2) is 16.5 Å². The fourth-order valence-corrected chi connectivity index (χ4v) is 4.70. The Hall–Kier alpha value is -3.13. The molecule has 0 bridgehead atoms. The Kier molecular flexibility index (Phi) is 7.24. The molecule has 5 nitrogen and oxygen atoms in total. The van der Waals surface area contributed by atoms with Crippen LogP contribution >= 0.6 is 23.1 Å². The Bertz CT molecular complexity index is 1120. The van der Waals surface area contributed by atoms with Crippen molar-refractivity contribution in [3.63, 3.8) is 0 Å². The molecule has 0 fully saturated rings. The van der Waals surface area contributed by atoms with Gasteiger partial charge in [-0.3, -0.25) is 4.79 Å². The van der Waals surface area contributed by atoms with E-state index in [2.05, 4.69) is 24.0 Å². The van der Waals surface area contributed by atoms with Gasteiger partial charge in [-0.2, -0.15) is 10.5 Å². The topological polar surface area (TPSA) is 104 Å². The predicted octanol–water partition coefficient (Wildman–Crippen LogP) is 5.45. The van der Waals surface area contributed by atoms with Crippen molar-refractivity contribution in [2.75, 3.05) is 11.5 Å². The van der Waals surface area contributed by atoms with E-state index in [9.17, 15) is 15.3 Å². The maximum absolute atomic E-state index is 12.7. The highest BCUT2D eigenvalue weighted by atomic mass is 32.2. The Morgan fingerprint density at radius 3 is 2.50 bits per heavy atom. The van der Waals surface area contributed by atoms with Crippen LogP contribution in [0, 0.1) is 22.7 Å². The summed E-state index contributed by atoms with van der Waals surface area (Å²) in [6, 6.07) is 15.5. The van der Waals surface area contributed by atoms with Gasteiger partial charge in [0.1, 0.15) is 28.5 Å². The van der Waals surface area contributed by atoms with Crippen LogP contribution in [0.15, 0.2) is 46.8 Å². The quantitative estimate of drug-likeness (QED) is 0.375. The molecule has 2 N–H and O–H groups in total. The Labute approximate surface area is 184 Å². The summed E-state index contributed by atoms with van der Waals surface area (Å²) in [6.45, 7) is 2.15. The van der Waals surface area contributed by atoms with Crippen molar-refractivity contribution < 1.29 is 4.79 Å². The number of unbranched alkanes of at least 4 members (excludes halogenated alkanes) is 1. The maximum atomic E-state index is 12.7. The molecule has 0 aliphatic heterocycles. The first-order valence-electron chi connectivity index (χ1n) is 9.51. The van der Waals surface area contributed by atoms with Crippen molar-refractivity contribution in [1.82, 2.24) is 4.98 Å². The molecule has 0 saturated heterocycles. The number of hydrogen-bond acceptors (Lipinski definition) is 7. The number of anilines is 1. The number of ketones is 1. The molecular formula is C23H20N4OS2. The number of carbonyl (C=O) groups is 1. The number of Topliss-reactive ketones (excluding diaryl/α,β-unsaturated/α-hetero) is 1. The van der Waals surface area contributed by atoms with Crippen molar-refractivity contribution in [1.29, 1.82) is 10.5 Å². The summed E-state index contributed by atoms with van der Waals surface area (Å²) < 4.78 is 0. The first-order chi connectivity index (χ1) is 14.6. The van der Waals surface area contributed by atoms with Gasteiger partial charge in [-0.25, -0.2) is 4.98 Å². The molecule has 0 atom stereocenters. The van der Waals surface area contributed by atoms with E-state index in [4.69, 9.17) is 5.73 Å². The van der Waals surface area contributed by atoms with Gasteiger partial charge in [-0.05, 0) is 29.9 Å². The fourth-order valence-electron chi connectivity index (χ4n) is 3.03. The number of aromatic nitrogens is 1. The van der Waals surface area contributed by atoms with E-state index < -0.39 is 0 Å². The molecule has 3 aromatic rings. The van der Waals surface area contributed by atoms with Crippen LogP contribution in [0.1, 0.15) is 46.8 Å². The lowest BCUT2D eigenvalue weighted by Crippen LogP contribution is -2.06. The van der Waals surface area contributed by atoms with Crippen LogP contribution in [-0.2, 0) is 6.42 Å². The first-order valence-corrected chi connectivity index (χ1v) is 11.4. The molecule has 2 aromatic heterocycles. The number of thioether (sulfide) groups is 1. The zero-order valence-electron chi connectivity index (χ0n) is 16.5. The van der Waals surface area contributed by atoms with E-state index in [1.54, 1.807) is 0 Å². The lowest BCUT2D eigenvalue weighted by molar-refractivity contribution is 0.102. The van der Waals surface area contributed by atoms with Gasteiger partial charge in [-0.15, -0.1) is 11.3 Å². The smallest absolute Gasteiger partial charge is 0.173 e. The monoisotopic (exact) mass is 432 g/mol. The molecule has 30 heavy (non-hydrogen) atoms. The van der Waals surface area contributed by atoms with Gasteiger partial charge in [0.25, 0.3) is 0 Å². The summed E-state index contributed by atoms with van der Waals surface area (Å²) in [5, 5.41) is 21.5. The van der Waals surface area contributed by atoms with E-state index in [-0.39, 0.29) is 28.5 Å². The Morgan fingerprint density at radius 2 is 1.90 bits per heavy atom. The third-order valence-electron chi connectivity index (χ3n) is 4.62. The largest absolute Gasteiger partial charge is 0.383 e. The number of rotatable bonds is 8. The van der Waals surface area contributed by atoms with Crippen molar-refractivity contribution in [3.8, 4) is 22.6 Å². The number of benzene rings is 1. The lowest BCUT2D eigenvalue weighted by atomic mass is 10.0. The van der Waals surface area contributed by atoms with Gasteiger partial charge < -0.3 is 5.73 Å². The van der Waals surface area contributed by atoms with E-state index in [0.717, 1.165) is 24.1 Å². The number of nitriles is 2. The number of nitrogens with zero attached hydrogens (tertiary/aromatic N) is 3. The normalized spacial score (nSPS) is 10.4. The van der Waals surface area contributed by atoms with Crippen LogP contribution in [0.3, 0.4) is 0 Å². The molecule has 0 aliphatic rings. The summed E-state index contributed by atoms with van der Waals surface area (Å²) >= 11 is 2.59. The minimum absolute atomic E-state index is 0.0478. The number of thiophene rings is 1. The molecule has 2 heterocycles. The zero-order chi connectivity index (χ0) is 21.5. The number of nitrogen functional groups attached to an aromatic ring is 1. The summed E-state index contributed by atoms with van der Waals surface area (Å²) in [5.74, 6) is 0.147.